The van der Waals surface area contributed by atoms with Crippen LogP contribution in [0.5, 0.6) is 11.5 Å². The van der Waals surface area contributed by atoms with E-state index >= 15 is 0 Å². The molecule has 9 heteroatoms. The van der Waals surface area contributed by atoms with E-state index in [-0.39, 0.29) is 37.8 Å². The normalized spacial score (nSPS) is 16.6. The molecule has 0 saturated carbocycles. The lowest BCUT2D eigenvalue weighted by Gasteiger charge is -2.28. The number of halogens is 2. The summed E-state index contributed by atoms with van der Waals surface area (Å²) in [6.45, 7) is 0.199. The predicted octanol–water partition coefficient (Wildman–Crippen LogP) is 4.11. The molecule has 0 radical (unpaired) electrons. The lowest BCUT2D eigenvalue weighted by atomic mass is 10.1. The Morgan fingerprint density at radius 2 is 1.66 bits per heavy atom. The molecule has 1 atom stereocenters. The number of fused-ring (bicyclic) bond motifs is 1. The smallest absolute Gasteiger partial charge is 0.257 e. The van der Waals surface area contributed by atoms with E-state index in [1.54, 1.807) is 42.5 Å². The maximum atomic E-state index is 13.5. The van der Waals surface area contributed by atoms with Gasteiger partial charge in [0, 0.05) is 11.6 Å². The second-order valence-electron chi connectivity index (χ2n) is 8.28. The number of anilines is 1. The summed E-state index contributed by atoms with van der Waals surface area (Å²) >= 11 is 5.96. The topological polar surface area (TPSA) is 76.1 Å². The van der Waals surface area contributed by atoms with Gasteiger partial charge in [0.15, 0.2) is 11.5 Å². The van der Waals surface area contributed by atoms with Crippen molar-refractivity contribution in [3.8, 4) is 11.5 Å². The van der Waals surface area contributed by atoms with Crippen molar-refractivity contribution in [3.63, 3.8) is 0 Å². The maximum Gasteiger partial charge on any atom is 0.257 e. The molecule has 1 fully saturated rings. The number of benzene rings is 3. The minimum Gasteiger partial charge on any atom is -0.454 e. The highest BCUT2D eigenvalue weighted by Gasteiger charge is 2.44. The summed E-state index contributed by atoms with van der Waals surface area (Å²) in [5.41, 5.74) is 1.71. The van der Waals surface area contributed by atoms with E-state index in [0.717, 1.165) is 16.0 Å². The van der Waals surface area contributed by atoms with Gasteiger partial charge in [0.05, 0.1) is 18.5 Å². The SMILES string of the molecule is O=C1CC(N(Cc2ccc3c(c2)OCO3)C(=O)Cc2ccc(Cl)cc2)C(=O)N1c1ccc(F)cc1. The fraction of sp³-hybridized carbons (Fsp3) is 0.192. The molecule has 178 valence electrons. The zero-order valence-corrected chi connectivity index (χ0v) is 19.2. The largest absolute Gasteiger partial charge is 0.454 e. The third-order valence-electron chi connectivity index (χ3n) is 5.96. The zero-order valence-electron chi connectivity index (χ0n) is 18.4. The van der Waals surface area contributed by atoms with Crippen LogP contribution < -0.4 is 14.4 Å². The summed E-state index contributed by atoms with van der Waals surface area (Å²) in [5.74, 6) is -0.644. The summed E-state index contributed by atoms with van der Waals surface area (Å²) in [6.07, 6.45) is -0.149. The van der Waals surface area contributed by atoms with Crippen LogP contribution in [0, 0.1) is 5.82 Å². The van der Waals surface area contributed by atoms with Gasteiger partial charge in [-0.05, 0) is 59.7 Å². The van der Waals surface area contributed by atoms with Crippen LogP contribution in [0.1, 0.15) is 17.5 Å². The summed E-state index contributed by atoms with van der Waals surface area (Å²) in [4.78, 5) is 42.1. The van der Waals surface area contributed by atoms with Crippen molar-refractivity contribution >= 4 is 35.0 Å². The summed E-state index contributed by atoms with van der Waals surface area (Å²) < 4.78 is 24.2. The van der Waals surface area contributed by atoms with Gasteiger partial charge in [-0.2, -0.15) is 0 Å². The molecule has 5 rings (SSSR count). The first-order valence-electron chi connectivity index (χ1n) is 10.9. The Morgan fingerprint density at radius 3 is 2.40 bits per heavy atom. The van der Waals surface area contributed by atoms with Gasteiger partial charge >= 0.3 is 0 Å². The third kappa shape index (κ3) is 4.70. The highest BCUT2D eigenvalue weighted by Crippen LogP contribution is 2.34. The van der Waals surface area contributed by atoms with E-state index in [1.807, 2.05) is 0 Å². The monoisotopic (exact) mass is 494 g/mol. The standard InChI is InChI=1S/C26H20ClFN2O5/c27-18-4-1-16(2-5-18)12-24(31)29(14-17-3-10-22-23(11-17)35-15-34-22)21-13-25(32)30(26(21)33)20-8-6-19(28)7-9-20/h1-11,21H,12-15H2. The van der Waals surface area contributed by atoms with E-state index in [2.05, 4.69) is 0 Å². The molecule has 0 spiro atoms. The average molecular weight is 495 g/mol. The van der Waals surface area contributed by atoms with E-state index in [1.165, 1.54) is 29.2 Å². The van der Waals surface area contributed by atoms with Gasteiger partial charge < -0.3 is 14.4 Å². The van der Waals surface area contributed by atoms with Gasteiger partial charge in [-0.1, -0.05) is 29.8 Å². The van der Waals surface area contributed by atoms with Crippen LogP contribution in [-0.4, -0.2) is 35.5 Å². The van der Waals surface area contributed by atoms with Crippen LogP contribution in [0.15, 0.2) is 66.7 Å². The summed E-state index contributed by atoms with van der Waals surface area (Å²) in [6, 6.07) is 16.2. The van der Waals surface area contributed by atoms with Crippen molar-refractivity contribution in [3.05, 3.63) is 88.7 Å². The summed E-state index contributed by atoms with van der Waals surface area (Å²) in [7, 11) is 0. The molecule has 0 aromatic heterocycles. The number of hydrogen-bond donors (Lipinski definition) is 0. The number of rotatable bonds is 6. The molecule has 2 heterocycles. The van der Waals surface area contributed by atoms with Crippen LogP contribution in [0.25, 0.3) is 0 Å². The first-order chi connectivity index (χ1) is 16.9. The molecule has 3 aromatic rings. The first-order valence-corrected chi connectivity index (χ1v) is 11.3. The molecular weight excluding hydrogens is 475 g/mol. The molecule has 2 aliphatic rings. The number of nitrogens with zero attached hydrogens (tertiary/aromatic N) is 2. The molecule has 0 bridgehead atoms. The van der Waals surface area contributed by atoms with E-state index in [9.17, 15) is 18.8 Å². The predicted molar refractivity (Wildman–Crippen MR) is 126 cm³/mol. The lowest BCUT2D eigenvalue weighted by molar-refractivity contribution is -0.138. The van der Waals surface area contributed by atoms with Crippen molar-refractivity contribution in [2.45, 2.75) is 25.4 Å². The van der Waals surface area contributed by atoms with Crippen LogP contribution in [0.2, 0.25) is 5.02 Å². The van der Waals surface area contributed by atoms with Crippen LogP contribution >= 0.6 is 11.6 Å². The van der Waals surface area contributed by atoms with Gasteiger partial charge in [-0.15, -0.1) is 0 Å². The molecule has 2 aliphatic heterocycles. The number of carbonyl (C=O) groups is 3. The first kappa shape index (κ1) is 22.9. The maximum absolute atomic E-state index is 13.5. The minimum atomic E-state index is -1.00. The van der Waals surface area contributed by atoms with E-state index < -0.39 is 23.7 Å². The highest BCUT2D eigenvalue weighted by atomic mass is 35.5. The van der Waals surface area contributed by atoms with Gasteiger partial charge in [0.25, 0.3) is 5.91 Å². The second kappa shape index (κ2) is 9.38. The Kier molecular flexibility index (Phi) is 6.13. The Morgan fingerprint density at radius 1 is 0.971 bits per heavy atom. The number of amides is 3. The van der Waals surface area contributed by atoms with E-state index in [0.29, 0.717) is 16.5 Å². The highest BCUT2D eigenvalue weighted by molar-refractivity contribution is 6.30. The Balaban J connectivity index is 1.44. The number of hydrogen-bond acceptors (Lipinski definition) is 5. The van der Waals surface area contributed by atoms with Crippen LogP contribution in [0.3, 0.4) is 0 Å². The molecule has 0 N–H and O–H groups in total. The Bertz CT molecular complexity index is 1300. The fourth-order valence-corrected chi connectivity index (χ4v) is 4.33. The number of ether oxygens (including phenoxy) is 2. The zero-order chi connectivity index (χ0) is 24.5. The summed E-state index contributed by atoms with van der Waals surface area (Å²) in [5, 5.41) is 0.546. The molecule has 1 saturated heterocycles. The van der Waals surface area contributed by atoms with Gasteiger partial charge in [-0.3, -0.25) is 14.4 Å². The fourth-order valence-electron chi connectivity index (χ4n) is 4.21. The molecule has 1 unspecified atom stereocenters. The minimum absolute atomic E-state index is 0.0240. The molecule has 7 nitrogen and oxygen atoms in total. The lowest BCUT2D eigenvalue weighted by Crippen LogP contribution is -2.45. The van der Waals surface area contributed by atoms with Gasteiger partial charge in [0.1, 0.15) is 11.9 Å². The van der Waals surface area contributed by atoms with Crippen LogP contribution in [0.4, 0.5) is 10.1 Å². The van der Waals surface area contributed by atoms with Crippen molar-refractivity contribution in [1.29, 1.82) is 0 Å². The average Bonchev–Trinajstić information content (AvgIpc) is 3.43. The second-order valence-corrected chi connectivity index (χ2v) is 8.71. The van der Waals surface area contributed by atoms with Crippen molar-refractivity contribution < 1.29 is 28.2 Å². The third-order valence-corrected chi connectivity index (χ3v) is 6.21. The molecular formula is C26H20ClFN2O5. The molecule has 35 heavy (non-hydrogen) atoms. The van der Waals surface area contributed by atoms with Crippen molar-refractivity contribution in [1.82, 2.24) is 4.90 Å². The van der Waals surface area contributed by atoms with E-state index in [4.69, 9.17) is 21.1 Å². The Labute approximate surface area is 205 Å². The van der Waals surface area contributed by atoms with Crippen molar-refractivity contribution in [2.75, 3.05) is 11.7 Å². The molecule has 0 aliphatic carbocycles. The van der Waals surface area contributed by atoms with Crippen molar-refractivity contribution in [2.24, 2.45) is 0 Å². The number of carbonyl (C=O) groups excluding carboxylic acids is 3. The quantitative estimate of drug-likeness (QED) is 0.482. The number of imide groups is 1. The molecule has 3 aromatic carbocycles. The van der Waals surface area contributed by atoms with Crippen LogP contribution in [-0.2, 0) is 27.3 Å². The van der Waals surface area contributed by atoms with Gasteiger partial charge in [-0.25, -0.2) is 9.29 Å². The molecule has 3 amide bonds. The van der Waals surface area contributed by atoms with Gasteiger partial charge in [0.2, 0.25) is 18.6 Å². The Hall–Kier alpha value is -3.91.